The lowest BCUT2D eigenvalue weighted by Gasteiger charge is -2.33. The van der Waals surface area contributed by atoms with Crippen molar-refractivity contribution in [3.63, 3.8) is 0 Å². The summed E-state index contributed by atoms with van der Waals surface area (Å²) in [5, 5.41) is 1.76. The van der Waals surface area contributed by atoms with Crippen LogP contribution in [0.25, 0.3) is 15.8 Å². The van der Waals surface area contributed by atoms with Gasteiger partial charge in [0.15, 0.2) is 12.4 Å². The highest BCUT2D eigenvalue weighted by atomic mass is 35.5. The molecule has 2 aliphatic heterocycles. The van der Waals surface area contributed by atoms with Gasteiger partial charge in [-0.25, -0.2) is 9.18 Å². The monoisotopic (exact) mass is 499 g/mol. The Morgan fingerprint density at radius 2 is 2.09 bits per heavy atom. The van der Waals surface area contributed by atoms with E-state index in [4.69, 9.17) is 22.1 Å². The number of nitrogens with zero attached hydrogens (tertiary/aromatic N) is 2. The Kier molecular flexibility index (Phi) is 5.83. The van der Waals surface area contributed by atoms with Crippen molar-refractivity contribution in [2.24, 2.45) is 0 Å². The number of fused-ring (bicyclic) bond motifs is 2. The molecular weight excluding hydrogens is 481 g/mol. The van der Waals surface area contributed by atoms with Crippen molar-refractivity contribution in [3.05, 3.63) is 63.9 Å². The SMILES string of the molecule is Nc1ccc(Cl)c(F)c1C1=CC(=O)N2C(CC[C@H]2C(=O)OCC(=O)c2ccnc3ccsc23)C1. The summed E-state index contributed by atoms with van der Waals surface area (Å²) in [6.45, 7) is -0.426. The Hall–Kier alpha value is -3.30. The highest BCUT2D eigenvalue weighted by Gasteiger charge is 2.44. The standard InChI is InChI=1S/C24H19ClFN3O4S/c25-15-2-3-16(27)21(22(15)26)12-9-13-1-4-18(29(13)20(31)10-12)24(32)33-11-19(30)14-5-7-28-17-6-8-34-23(14)17/h2-3,5-8,10,13,18H,1,4,9,11,27H2/t13?,18-/m0/s1. The molecule has 0 radical (unpaired) electrons. The van der Waals surface area contributed by atoms with Crippen molar-refractivity contribution < 1.29 is 23.5 Å². The quantitative estimate of drug-likeness (QED) is 0.320. The van der Waals surface area contributed by atoms with Crippen LogP contribution in [-0.2, 0) is 14.3 Å². The van der Waals surface area contributed by atoms with E-state index >= 15 is 0 Å². The van der Waals surface area contributed by atoms with E-state index in [9.17, 15) is 18.8 Å². The molecule has 1 fully saturated rings. The third-order valence-corrected chi connectivity index (χ3v) is 7.45. The second kappa shape index (κ2) is 8.81. The van der Waals surface area contributed by atoms with E-state index in [1.165, 1.54) is 40.6 Å². The normalized spacial score (nSPS) is 19.8. The number of hydrogen-bond acceptors (Lipinski definition) is 7. The van der Waals surface area contributed by atoms with Crippen molar-refractivity contribution in [2.75, 3.05) is 12.3 Å². The summed E-state index contributed by atoms with van der Waals surface area (Å²) in [5.74, 6) is -2.06. The number of esters is 1. The number of ether oxygens (including phenoxy) is 1. The highest BCUT2D eigenvalue weighted by Crippen LogP contribution is 2.40. The van der Waals surface area contributed by atoms with Crippen molar-refractivity contribution in [2.45, 2.75) is 31.3 Å². The maximum atomic E-state index is 14.6. The number of halogens is 2. The number of hydrogen-bond donors (Lipinski definition) is 1. The number of thiophene rings is 1. The molecule has 2 aromatic heterocycles. The maximum Gasteiger partial charge on any atom is 0.329 e. The molecule has 0 spiro atoms. The molecular formula is C24H19ClFN3O4S. The van der Waals surface area contributed by atoms with Gasteiger partial charge in [0.2, 0.25) is 11.7 Å². The van der Waals surface area contributed by atoms with Gasteiger partial charge >= 0.3 is 5.97 Å². The minimum atomic E-state index is -0.802. The number of ketones is 1. The van der Waals surface area contributed by atoms with E-state index in [2.05, 4.69) is 4.98 Å². The Labute approximate surface area is 203 Å². The second-order valence-electron chi connectivity index (χ2n) is 8.22. The van der Waals surface area contributed by atoms with Crippen molar-refractivity contribution in [1.82, 2.24) is 9.88 Å². The van der Waals surface area contributed by atoms with Gasteiger partial charge in [-0.15, -0.1) is 11.3 Å². The van der Waals surface area contributed by atoms with E-state index in [1.807, 2.05) is 11.4 Å². The first-order valence-electron chi connectivity index (χ1n) is 10.6. The molecule has 7 nitrogen and oxygen atoms in total. The Balaban J connectivity index is 1.30. The molecule has 4 heterocycles. The number of Topliss-reactive ketones (excluding diaryl/α,β-unsaturated/α-hetero) is 1. The molecule has 2 atom stereocenters. The number of rotatable bonds is 5. The predicted octanol–water partition coefficient (Wildman–Crippen LogP) is 4.24. The van der Waals surface area contributed by atoms with Gasteiger partial charge < -0.3 is 15.4 Å². The van der Waals surface area contributed by atoms with E-state index in [-0.39, 0.29) is 28.1 Å². The smallest absolute Gasteiger partial charge is 0.329 e. The summed E-state index contributed by atoms with van der Waals surface area (Å²) in [6, 6.07) is 5.17. The second-order valence-corrected chi connectivity index (χ2v) is 9.54. The third-order valence-electron chi connectivity index (χ3n) is 6.22. The Morgan fingerprint density at radius 1 is 1.26 bits per heavy atom. The van der Waals surface area contributed by atoms with Crippen LogP contribution in [0.15, 0.2) is 41.9 Å². The number of anilines is 1. The van der Waals surface area contributed by atoms with E-state index < -0.39 is 30.3 Å². The fourth-order valence-electron chi connectivity index (χ4n) is 4.65. The topological polar surface area (TPSA) is 103 Å². The first-order valence-corrected chi connectivity index (χ1v) is 11.9. The zero-order valence-corrected chi connectivity index (χ0v) is 19.4. The first-order chi connectivity index (χ1) is 16.3. The summed E-state index contributed by atoms with van der Waals surface area (Å²) in [6.07, 6.45) is 4.10. The van der Waals surface area contributed by atoms with Gasteiger partial charge in [-0.2, -0.15) is 0 Å². The van der Waals surface area contributed by atoms with Crippen LogP contribution in [-0.4, -0.2) is 46.2 Å². The zero-order chi connectivity index (χ0) is 24.0. The molecule has 1 amide bonds. The lowest BCUT2D eigenvalue weighted by molar-refractivity contribution is -0.152. The molecule has 34 heavy (non-hydrogen) atoms. The number of amides is 1. The minimum Gasteiger partial charge on any atom is -0.456 e. The van der Waals surface area contributed by atoms with Crippen LogP contribution < -0.4 is 5.73 Å². The molecule has 5 rings (SSSR count). The third kappa shape index (κ3) is 3.84. The van der Waals surface area contributed by atoms with Gasteiger partial charge in [0, 0.05) is 35.1 Å². The van der Waals surface area contributed by atoms with Gasteiger partial charge in [-0.05, 0) is 54.5 Å². The van der Waals surface area contributed by atoms with Crippen molar-refractivity contribution in [3.8, 4) is 0 Å². The largest absolute Gasteiger partial charge is 0.456 e. The Morgan fingerprint density at radius 3 is 2.91 bits per heavy atom. The summed E-state index contributed by atoms with van der Waals surface area (Å²) in [4.78, 5) is 44.1. The van der Waals surface area contributed by atoms with Crippen molar-refractivity contribution in [1.29, 1.82) is 0 Å². The molecule has 0 bridgehead atoms. The molecule has 3 aromatic rings. The lowest BCUT2D eigenvalue weighted by Crippen LogP contribution is -2.47. The first kappa shape index (κ1) is 22.5. The molecule has 2 aliphatic rings. The summed E-state index contributed by atoms with van der Waals surface area (Å²) in [5.41, 5.74) is 7.86. The zero-order valence-electron chi connectivity index (χ0n) is 17.8. The average Bonchev–Trinajstić information content (AvgIpc) is 3.47. The predicted molar refractivity (Wildman–Crippen MR) is 127 cm³/mol. The van der Waals surface area contributed by atoms with Gasteiger partial charge in [0.25, 0.3) is 0 Å². The van der Waals surface area contributed by atoms with Crippen LogP contribution in [0.1, 0.15) is 35.2 Å². The number of carbonyl (C=O) groups is 3. The average molecular weight is 500 g/mol. The molecule has 0 aliphatic carbocycles. The summed E-state index contributed by atoms with van der Waals surface area (Å²) >= 11 is 7.29. The number of nitrogens with two attached hydrogens (primary N) is 1. The molecule has 1 unspecified atom stereocenters. The Bertz CT molecular complexity index is 1370. The van der Waals surface area contributed by atoms with Gasteiger partial charge in [0.1, 0.15) is 6.04 Å². The molecule has 2 N–H and O–H groups in total. The number of nitrogen functional groups attached to an aromatic ring is 1. The number of aromatic nitrogens is 1. The summed E-state index contributed by atoms with van der Waals surface area (Å²) in [7, 11) is 0. The summed E-state index contributed by atoms with van der Waals surface area (Å²) < 4.78 is 20.7. The van der Waals surface area contributed by atoms with Gasteiger partial charge in [-0.3, -0.25) is 14.6 Å². The fourth-order valence-corrected chi connectivity index (χ4v) is 5.70. The number of pyridine rings is 1. The van der Waals surface area contributed by atoms with Gasteiger partial charge in [-0.1, -0.05) is 11.6 Å². The van der Waals surface area contributed by atoms with Crippen LogP contribution in [0.5, 0.6) is 0 Å². The van der Waals surface area contributed by atoms with E-state index in [0.717, 1.165) is 4.70 Å². The van der Waals surface area contributed by atoms with Gasteiger partial charge in [0.05, 0.1) is 15.2 Å². The van der Waals surface area contributed by atoms with Crippen LogP contribution in [0, 0.1) is 5.82 Å². The van der Waals surface area contributed by atoms with Crippen molar-refractivity contribution >= 4 is 62.1 Å². The van der Waals surface area contributed by atoms with E-state index in [1.54, 1.807) is 6.07 Å². The van der Waals surface area contributed by atoms with Crippen LogP contribution in [0.2, 0.25) is 5.02 Å². The maximum absolute atomic E-state index is 14.6. The molecule has 0 saturated carbocycles. The molecule has 1 aromatic carbocycles. The highest BCUT2D eigenvalue weighted by molar-refractivity contribution is 7.17. The fraction of sp³-hybridized carbons (Fsp3) is 0.250. The molecule has 1 saturated heterocycles. The van der Waals surface area contributed by atoms with Crippen LogP contribution in [0.3, 0.4) is 0 Å². The molecule has 174 valence electrons. The van der Waals surface area contributed by atoms with Crippen LogP contribution in [0.4, 0.5) is 10.1 Å². The number of benzene rings is 1. The van der Waals surface area contributed by atoms with Crippen LogP contribution >= 0.6 is 22.9 Å². The minimum absolute atomic E-state index is 0.0773. The molecule has 10 heteroatoms. The number of carbonyl (C=O) groups excluding carboxylic acids is 3. The lowest BCUT2D eigenvalue weighted by atomic mass is 9.92. The van der Waals surface area contributed by atoms with E-state index in [0.29, 0.717) is 35.9 Å².